The highest BCUT2D eigenvalue weighted by Crippen LogP contribution is 2.48. The van der Waals surface area contributed by atoms with E-state index in [0.29, 0.717) is 16.8 Å². The first-order valence-corrected chi connectivity index (χ1v) is 12.3. The number of sulfone groups is 1. The lowest BCUT2D eigenvalue weighted by molar-refractivity contribution is -0.384. The van der Waals surface area contributed by atoms with Gasteiger partial charge in [-0.2, -0.15) is 5.06 Å². The van der Waals surface area contributed by atoms with Crippen molar-refractivity contribution in [2.45, 2.75) is 10.9 Å². The quantitative estimate of drug-likeness (QED) is 0.249. The number of anilines is 1. The average Bonchev–Trinajstić information content (AvgIpc) is 3.32. The fourth-order valence-electron chi connectivity index (χ4n) is 4.05. The lowest BCUT2D eigenvalue weighted by Gasteiger charge is -2.26. The molecule has 0 spiro atoms. The summed E-state index contributed by atoms with van der Waals surface area (Å²) >= 11 is 0. The van der Waals surface area contributed by atoms with Crippen molar-refractivity contribution in [3.05, 3.63) is 141 Å². The molecule has 5 rings (SSSR count). The van der Waals surface area contributed by atoms with Crippen molar-refractivity contribution in [3.63, 3.8) is 0 Å². The van der Waals surface area contributed by atoms with E-state index in [1.807, 2.05) is 48.5 Å². The Bertz CT molecular complexity index is 1490. The van der Waals surface area contributed by atoms with Gasteiger partial charge in [-0.25, -0.2) is 8.42 Å². The van der Waals surface area contributed by atoms with Crippen molar-refractivity contribution in [2.75, 3.05) is 5.06 Å². The fourth-order valence-corrected chi connectivity index (χ4v) is 5.74. The number of benzene rings is 4. The molecule has 4 aromatic carbocycles. The maximum absolute atomic E-state index is 14.1. The van der Waals surface area contributed by atoms with Crippen LogP contribution in [0.3, 0.4) is 0 Å². The zero-order valence-corrected chi connectivity index (χ0v) is 19.2. The third-order valence-electron chi connectivity index (χ3n) is 5.71. The summed E-state index contributed by atoms with van der Waals surface area (Å²) in [6.45, 7) is 0. The Balaban J connectivity index is 1.77. The Morgan fingerprint density at radius 3 is 1.86 bits per heavy atom. The van der Waals surface area contributed by atoms with Crippen LogP contribution in [-0.4, -0.2) is 13.3 Å². The normalized spacial score (nSPS) is 15.7. The Morgan fingerprint density at radius 2 is 1.29 bits per heavy atom. The first kappa shape index (κ1) is 22.4. The highest BCUT2D eigenvalue weighted by Gasteiger charge is 2.44. The fraction of sp³-hybridized carbons (Fsp3) is 0.0370. The molecule has 174 valence electrons. The number of rotatable bonds is 6. The molecule has 0 saturated heterocycles. The van der Waals surface area contributed by atoms with Gasteiger partial charge in [0.05, 0.1) is 15.5 Å². The Hall–Kier alpha value is -4.43. The molecule has 0 N–H and O–H groups in total. The molecule has 1 atom stereocenters. The maximum atomic E-state index is 14.1. The van der Waals surface area contributed by atoms with Crippen LogP contribution in [0.1, 0.15) is 17.2 Å². The van der Waals surface area contributed by atoms with E-state index in [0.717, 1.165) is 0 Å². The van der Waals surface area contributed by atoms with Crippen molar-refractivity contribution in [3.8, 4) is 0 Å². The van der Waals surface area contributed by atoms with Crippen LogP contribution in [0.5, 0.6) is 0 Å². The van der Waals surface area contributed by atoms with E-state index in [-0.39, 0.29) is 21.2 Å². The molecule has 1 unspecified atom stereocenters. The summed E-state index contributed by atoms with van der Waals surface area (Å²) in [5.41, 5.74) is 1.70. The lowest BCUT2D eigenvalue weighted by atomic mass is 10.0. The monoisotopic (exact) mass is 484 g/mol. The largest absolute Gasteiger partial charge is 0.377 e. The molecule has 0 fully saturated rings. The summed E-state index contributed by atoms with van der Waals surface area (Å²) in [4.78, 5) is 17.2. The van der Waals surface area contributed by atoms with Gasteiger partial charge in [-0.3, -0.25) is 10.1 Å². The van der Waals surface area contributed by atoms with Crippen LogP contribution >= 0.6 is 0 Å². The first-order valence-electron chi connectivity index (χ1n) is 10.8. The molecule has 0 aliphatic carbocycles. The number of hydroxylamine groups is 1. The Labute approximate surface area is 202 Å². The number of nitrogens with zero attached hydrogens (tertiary/aromatic N) is 2. The third kappa shape index (κ3) is 4.15. The summed E-state index contributed by atoms with van der Waals surface area (Å²) in [6, 6.07) is 31.4. The molecule has 1 aliphatic heterocycles. The van der Waals surface area contributed by atoms with E-state index in [4.69, 9.17) is 4.84 Å². The standard InChI is InChI=1S/C27H20N2O5S/c30-29(31)23-18-16-20(17-19-23)25-27(35(32,33)24-14-8-3-9-15-24)26(21-10-4-1-5-11-21)34-28(25)22-12-6-2-7-13-22/h1-19,25H. The van der Waals surface area contributed by atoms with Crippen molar-refractivity contribution in [1.82, 2.24) is 0 Å². The van der Waals surface area contributed by atoms with Crippen LogP contribution in [0.4, 0.5) is 11.4 Å². The molecule has 0 aromatic heterocycles. The topological polar surface area (TPSA) is 89.8 Å². The predicted octanol–water partition coefficient (Wildman–Crippen LogP) is 5.93. The summed E-state index contributed by atoms with van der Waals surface area (Å²) in [6.07, 6.45) is 0. The summed E-state index contributed by atoms with van der Waals surface area (Å²) in [7, 11) is -4.02. The average molecular weight is 485 g/mol. The van der Waals surface area contributed by atoms with Gasteiger partial charge < -0.3 is 4.84 Å². The van der Waals surface area contributed by atoms with E-state index in [1.54, 1.807) is 59.7 Å². The van der Waals surface area contributed by atoms with Gasteiger partial charge in [-0.05, 0) is 42.0 Å². The number of hydrogen-bond donors (Lipinski definition) is 0. The zero-order chi connectivity index (χ0) is 24.4. The van der Waals surface area contributed by atoms with E-state index < -0.39 is 20.8 Å². The molecule has 0 bridgehead atoms. The number of hydrogen-bond acceptors (Lipinski definition) is 6. The van der Waals surface area contributed by atoms with E-state index in [1.165, 1.54) is 12.1 Å². The van der Waals surface area contributed by atoms with Gasteiger partial charge >= 0.3 is 0 Å². The van der Waals surface area contributed by atoms with E-state index in [9.17, 15) is 18.5 Å². The van der Waals surface area contributed by atoms with Crippen molar-refractivity contribution in [1.29, 1.82) is 0 Å². The van der Waals surface area contributed by atoms with Crippen molar-refractivity contribution in [2.24, 2.45) is 0 Å². The number of non-ortho nitro benzene ring substituents is 1. The predicted molar refractivity (Wildman–Crippen MR) is 133 cm³/mol. The minimum Gasteiger partial charge on any atom is -0.377 e. The van der Waals surface area contributed by atoms with Crippen molar-refractivity contribution < 1.29 is 18.2 Å². The summed E-state index contributed by atoms with van der Waals surface area (Å²) < 4.78 is 28.2. The Kier molecular flexibility index (Phi) is 5.80. The SMILES string of the molecule is O=[N+]([O-])c1ccc(C2C(S(=O)(=O)c3ccccc3)=C(c3ccccc3)ON2c2ccccc2)cc1. The van der Waals surface area contributed by atoms with Gasteiger partial charge in [0.25, 0.3) is 5.69 Å². The highest BCUT2D eigenvalue weighted by atomic mass is 32.2. The molecular weight excluding hydrogens is 464 g/mol. The van der Waals surface area contributed by atoms with Gasteiger partial charge in [-0.1, -0.05) is 66.7 Å². The summed E-state index contributed by atoms with van der Waals surface area (Å²) in [5, 5.41) is 12.8. The van der Waals surface area contributed by atoms with Crippen LogP contribution in [-0.2, 0) is 14.7 Å². The van der Waals surface area contributed by atoms with Gasteiger partial charge in [0.2, 0.25) is 9.84 Å². The van der Waals surface area contributed by atoms with Gasteiger partial charge in [0.15, 0.2) is 5.76 Å². The van der Waals surface area contributed by atoms with Gasteiger partial charge in [-0.15, -0.1) is 0 Å². The van der Waals surface area contributed by atoms with Crippen LogP contribution in [0.2, 0.25) is 0 Å². The second-order valence-corrected chi connectivity index (χ2v) is 9.80. The molecule has 0 amide bonds. The van der Waals surface area contributed by atoms with E-state index >= 15 is 0 Å². The number of nitro benzene ring substituents is 1. The second-order valence-electron chi connectivity index (χ2n) is 7.88. The molecule has 7 nitrogen and oxygen atoms in total. The van der Waals surface area contributed by atoms with Crippen LogP contribution in [0.15, 0.2) is 125 Å². The highest BCUT2D eigenvalue weighted by molar-refractivity contribution is 7.95. The van der Waals surface area contributed by atoms with Crippen LogP contribution < -0.4 is 5.06 Å². The van der Waals surface area contributed by atoms with Crippen molar-refractivity contribution >= 4 is 27.0 Å². The molecule has 0 radical (unpaired) electrons. The minimum absolute atomic E-state index is 0.0626. The van der Waals surface area contributed by atoms with Gasteiger partial charge in [0.1, 0.15) is 10.9 Å². The molecule has 1 aliphatic rings. The molecule has 35 heavy (non-hydrogen) atoms. The van der Waals surface area contributed by atoms with E-state index in [2.05, 4.69) is 0 Å². The molecular formula is C27H20N2O5S. The Morgan fingerprint density at radius 1 is 0.743 bits per heavy atom. The molecule has 1 heterocycles. The zero-order valence-electron chi connectivity index (χ0n) is 18.4. The number of para-hydroxylation sites is 1. The van der Waals surface area contributed by atoms with Gasteiger partial charge in [0, 0.05) is 17.7 Å². The third-order valence-corrected chi connectivity index (χ3v) is 7.59. The maximum Gasteiger partial charge on any atom is 0.269 e. The minimum atomic E-state index is -4.02. The number of nitro groups is 1. The molecule has 4 aromatic rings. The second kappa shape index (κ2) is 9.08. The summed E-state index contributed by atoms with van der Waals surface area (Å²) in [5.74, 6) is 0.210. The first-order chi connectivity index (χ1) is 17.0. The van der Waals surface area contributed by atoms with Crippen LogP contribution in [0, 0.1) is 10.1 Å². The smallest absolute Gasteiger partial charge is 0.269 e. The molecule has 0 saturated carbocycles. The van der Waals surface area contributed by atoms with Crippen LogP contribution in [0.25, 0.3) is 5.76 Å². The lowest BCUT2D eigenvalue weighted by Crippen LogP contribution is -2.25. The molecule has 8 heteroatoms.